The van der Waals surface area contributed by atoms with E-state index < -0.39 is 6.04 Å². The Balaban J connectivity index is 1.56. The Morgan fingerprint density at radius 2 is 1.80 bits per heavy atom. The van der Waals surface area contributed by atoms with Gasteiger partial charge in [0, 0.05) is 19.5 Å². The van der Waals surface area contributed by atoms with E-state index in [1.54, 1.807) is 17.0 Å². The predicted octanol–water partition coefficient (Wildman–Crippen LogP) is 2.68. The van der Waals surface area contributed by atoms with Crippen LogP contribution < -0.4 is 5.32 Å². The van der Waals surface area contributed by atoms with Gasteiger partial charge >= 0.3 is 0 Å². The van der Waals surface area contributed by atoms with Crippen molar-refractivity contribution in [3.05, 3.63) is 71.5 Å². The number of carbonyl (C=O) groups is 2. The molecule has 4 nitrogen and oxygen atoms in total. The number of carbonyl (C=O) groups excluding carboxylic acids is 2. The van der Waals surface area contributed by atoms with E-state index in [0.717, 1.165) is 17.5 Å². The van der Waals surface area contributed by atoms with Crippen molar-refractivity contribution in [3.63, 3.8) is 0 Å². The fourth-order valence-corrected chi connectivity index (χ4v) is 3.08. The maximum Gasteiger partial charge on any atom is 0.242 e. The third-order valence-electron chi connectivity index (χ3n) is 4.45. The lowest BCUT2D eigenvalue weighted by atomic mass is 10.1. The zero-order chi connectivity index (χ0) is 17.6. The number of hydrogen-bond acceptors (Lipinski definition) is 2. The molecular weight excluding hydrogens is 319 g/mol. The first-order valence-corrected chi connectivity index (χ1v) is 8.49. The van der Waals surface area contributed by atoms with E-state index in [0.29, 0.717) is 25.9 Å². The lowest BCUT2D eigenvalue weighted by Crippen LogP contribution is -2.44. The molecule has 0 bridgehead atoms. The second-order valence-electron chi connectivity index (χ2n) is 6.23. The molecule has 1 N–H and O–H groups in total. The number of halogens is 1. The predicted molar refractivity (Wildman–Crippen MR) is 93.1 cm³/mol. The van der Waals surface area contributed by atoms with Gasteiger partial charge in [-0.2, -0.15) is 0 Å². The molecule has 5 heteroatoms. The molecule has 0 aromatic heterocycles. The molecule has 1 saturated heterocycles. The smallest absolute Gasteiger partial charge is 0.242 e. The summed E-state index contributed by atoms with van der Waals surface area (Å²) in [6.45, 7) is 0.869. The first-order chi connectivity index (χ1) is 12.1. The van der Waals surface area contributed by atoms with Gasteiger partial charge in [-0.3, -0.25) is 9.59 Å². The molecule has 2 amide bonds. The zero-order valence-electron chi connectivity index (χ0n) is 14.0. The lowest BCUT2D eigenvalue weighted by Gasteiger charge is -2.24. The zero-order valence-corrected chi connectivity index (χ0v) is 14.0. The van der Waals surface area contributed by atoms with Crippen LogP contribution in [0.15, 0.2) is 54.6 Å². The normalized spacial score (nSPS) is 16.9. The number of benzene rings is 2. The Bertz CT molecular complexity index is 731. The van der Waals surface area contributed by atoms with Crippen LogP contribution in [0.4, 0.5) is 4.39 Å². The SMILES string of the molecule is O=C(NCCc1ccccc1)[C@@H]1CCC(=O)N1Cc1ccc(F)cc1. The number of nitrogens with one attached hydrogen (secondary N) is 1. The Labute approximate surface area is 146 Å². The molecule has 2 aromatic rings. The molecule has 2 aromatic carbocycles. The topological polar surface area (TPSA) is 49.4 Å². The van der Waals surface area contributed by atoms with Gasteiger partial charge in [0.2, 0.25) is 11.8 Å². The van der Waals surface area contributed by atoms with Crippen molar-refractivity contribution < 1.29 is 14.0 Å². The highest BCUT2D eigenvalue weighted by Gasteiger charge is 2.35. The Morgan fingerprint density at radius 3 is 2.52 bits per heavy atom. The first-order valence-electron chi connectivity index (χ1n) is 8.49. The van der Waals surface area contributed by atoms with Crippen molar-refractivity contribution in [1.29, 1.82) is 0 Å². The summed E-state index contributed by atoms with van der Waals surface area (Å²) in [6.07, 6.45) is 1.65. The van der Waals surface area contributed by atoms with Crippen LogP contribution in [0, 0.1) is 5.82 Å². The summed E-state index contributed by atoms with van der Waals surface area (Å²) in [6, 6.07) is 15.5. The Kier molecular flexibility index (Phi) is 5.43. The number of nitrogens with zero attached hydrogens (tertiary/aromatic N) is 1. The highest BCUT2D eigenvalue weighted by molar-refractivity contribution is 5.90. The number of amides is 2. The molecule has 0 saturated carbocycles. The Morgan fingerprint density at radius 1 is 1.08 bits per heavy atom. The second kappa shape index (κ2) is 7.92. The minimum absolute atomic E-state index is 0.0347. The first kappa shape index (κ1) is 17.1. The van der Waals surface area contributed by atoms with Gasteiger partial charge in [-0.05, 0) is 36.1 Å². The molecule has 0 aliphatic carbocycles. The fourth-order valence-electron chi connectivity index (χ4n) is 3.08. The Hall–Kier alpha value is -2.69. The van der Waals surface area contributed by atoms with E-state index in [-0.39, 0.29) is 17.6 Å². The number of rotatable bonds is 6. The molecule has 1 atom stereocenters. The number of hydrogen-bond donors (Lipinski definition) is 1. The van der Waals surface area contributed by atoms with E-state index >= 15 is 0 Å². The van der Waals surface area contributed by atoms with Gasteiger partial charge in [0.05, 0.1) is 0 Å². The number of likely N-dealkylation sites (tertiary alicyclic amines) is 1. The monoisotopic (exact) mass is 340 g/mol. The van der Waals surface area contributed by atoms with Gasteiger partial charge in [0.25, 0.3) is 0 Å². The van der Waals surface area contributed by atoms with Gasteiger partial charge in [0.15, 0.2) is 0 Å². The standard InChI is InChI=1S/C20H21FN2O2/c21-17-8-6-16(7-9-17)14-23-18(10-11-19(23)24)20(25)22-13-12-15-4-2-1-3-5-15/h1-9,18H,10-14H2,(H,22,25)/t18-/m0/s1. The van der Waals surface area contributed by atoms with Gasteiger partial charge in [0.1, 0.15) is 11.9 Å². The fraction of sp³-hybridized carbons (Fsp3) is 0.300. The summed E-state index contributed by atoms with van der Waals surface area (Å²) >= 11 is 0. The highest BCUT2D eigenvalue weighted by atomic mass is 19.1. The van der Waals surface area contributed by atoms with Gasteiger partial charge in [-0.15, -0.1) is 0 Å². The molecule has 1 heterocycles. The van der Waals surface area contributed by atoms with E-state index in [1.807, 2.05) is 30.3 Å². The van der Waals surface area contributed by atoms with Crippen LogP contribution in [0.3, 0.4) is 0 Å². The van der Waals surface area contributed by atoms with Crippen LogP contribution in [-0.4, -0.2) is 29.3 Å². The minimum atomic E-state index is -0.451. The van der Waals surface area contributed by atoms with E-state index in [1.165, 1.54) is 12.1 Å². The maximum absolute atomic E-state index is 13.0. The van der Waals surface area contributed by atoms with Gasteiger partial charge in [-0.25, -0.2) is 4.39 Å². The average molecular weight is 340 g/mol. The molecule has 0 radical (unpaired) electrons. The van der Waals surface area contributed by atoms with Crippen molar-refractivity contribution >= 4 is 11.8 Å². The van der Waals surface area contributed by atoms with Crippen LogP contribution in [0.1, 0.15) is 24.0 Å². The van der Waals surface area contributed by atoms with Crippen LogP contribution >= 0.6 is 0 Å². The molecule has 25 heavy (non-hydrogen) atoms. The molecule has 1 aliphatic rings. The molecule has 1 aliphatic heterocycles. The largest absolute Gasteiger partial charge is 0.354 e. The molecule has 0 spiro atoms. The summed E-state index contributed by atoms with van der Waals surface area (Å²) in [4.78, 5) is 26.2. The third-order valence-corrected chi connectivity index (χ3v) is 4.45. The van der Waals surface area contributed by atoms with E-state index in [2.05, 4.69) is 5.32 Å². The van der Waals surface area contributed by atoms with Crippen LogP contribution in [0.2, 0.25) is 0 Å². The van der Waals surface area contributed by atoms with Crippen molar-refractivity contribution in [2.24, 2.45) is 0 Å². The summed E-state index contributed by atoms with van der Waals surface area (Å²) in [5.41, 5.74) is 1.98. The molecule has 130 valence electrons. The van der Waals surface area contributed by atoms with Crippen LogP contribution in [0.5, 0.6) is 0 Å². The molecular formula is C20H21FN2O2. The highest BCUT2D eigenvalue weighted by Crippen LogP contribution is 2.22. The van der Waals surface area contributed by atoms with Crippen molar-refractivity contribution in [2.75, 3.05) is 6.54 Å². The average Bonchev–Trinajstić information content (AvgIpc) is 2.98. The van der Waals surface area contributed by atoms with Crippen molar-refractivity contribution in [1.82, 2.24) is 10.2 Å². The third kappa shape index (κ3) is 4.44. The van der Waals surface area contributed by atoms with Crippen molar-refractivity contribution in [3.8, 4) is 0 Å². The molecule has 3 rings (SSSR count). The van der Waals surface area contributed by atoms with Crippen LogP contribution in [-0.2, 0) is 22.6 Å². The van der Waals surface area contributed by atoms with Crippen molar-refractivity contribution in [2.45, 2.75) is 31.8 Å². The van der Waals surface area contributed by atoms with E-state index in [4.69, 9.17) is 0 Å². The molecule has 1 fully saturated rings. The van der Waals surface area contributed by atoms with E-state index in [9.17, 15) is 14.0 Å². The van der Waals surface area contributed by atoms with Gasteiger partial charge < -0.3 is 10.2 Å². The summed E-state index contributed by atoms with van der Waals surface area (Å²) < 4.78 is 13.0. The second-order valence-corrected chi connectivity index (χ2v) is 6.23. The summed E-state index contributed by atoms with van der Waals surface area (Å²) in [7, 11) is 0. The van der Waals surface area contributed by atoms with Gasteiger partial charge in [-0.1, -0.05) is 42.5 Å². The summed E-state index contributed by atoms with van der Waals surface area (Å²) in [5.74, 6) is -0.469. The lowest BCUT2D eigenvalue weighted by molar-refractivity contribution is -0.135. The maximum atomic E-state index is 13.0. The van der Waals surface area contributed by atoms with Crippen LogP contribution in [0.25, 0.3) is 0 Å². The minimum Gasteiger partial charge on any atom is -0.354 e. The quantitative estimate of drug-likeness (QED) is 0.879. The summed E-state index contributed by atoms with van der Waals surface area (Å²) in [5, 5.41) is 2.93. The molecule has 0 unspecified atom stereocenters.